The van der Waals surface area contributed by atoms with Gasteiger partial charge in [0.15, 0.2) is 0 Å². The second kappa shape index (κ2) is 11.6. The third-order valence-electron chi connectivity index (χ3n) is 15.1. The molecule has 0 aromatic heterocycles. The zero-order valence-electron chi connectivity index (χ0n) is 32.3. The van der Waals surface area contributed by atoms with Crippen molar-refractivity contribution in [3.05, 3.63) is 162 Å². The van der Waals surface area contributed by atoms with Crippen molar-refractivity contribution in [1.29, 1.82) is 0 Å². The van der Waals surface area contributed by atoms with Crippen LogP contribution in [0.4, 0.5) is 17.1 Å². The van der Waals surface area contributed by atoms with Crippen molar-refractivity contribution in [3.63, 3.8) is 0 Å². The van der Waals surface area contributed by atoms with Crippen LogP contribution in [0.3, 0.4) is 0 Å². The van der Waals surface area contributed by atoms with Crippen molar-refractivity contribution in [3.8, 4) is 33.4 Å². The van der Waals surface area contributed by atoms with Crippen LogP contribution >= 0.6 is 0 Å². The van der Waals surface area contributed by atoms with Gasteiger partial charge in [-0.3, -0.25) is 0 Å². The molecule has 0 heterocycles. The fraction of sp³-hybridized carbons (Fsp3) is 0.321. The van der Waals surface area contributed by atoms with Gasteiger partial charge in [-0.1, -0.05) is 137 Å². The first-order chi connectivity index (χ1) is 26.2. The molecule has 4 unspecified atom stereocenters. The van der Waals surface area contributed by atoms with Crippen LogP contribution in [-0.4, -0.2) is 0 Å². The van der Waals surface area contributed by atoms with Crippen LogP contribution in [0.25, 0.3) is 33.4 Å². The van der Waals surface area contributed by atoms with E-state index in [4.69, 9.17) is 0 Å². The Bertz CT molecular complexity index is 2430. The van der Waals surface area contributed by atoms with Gasteiger partial charge >= 0.3 is 0 Å². The molecule has 0 aliphatic heterocycles. The molecule has 54 heavy (non-hydrogen) atoms. The van der Waals surface area contributed by atoms with E-state index in [0.717, 1.165) is 23.7 Å². The second-order valence-corrected chi connectivity index (χ2v) is 18.8. The molecular formula is C53H51N. The molecule has 1 heteroatoms. The minimum absolute atomic E-state index is 0.147. The maximum absolute atomic E-state index is 2.57. The lowest BCUT2D eigenvalue weighted by Gasteiger charge is -2.44. The molecule has 1 spiro atoms. The average Bonchev–Trinajstić information content (AvgIpc) is 3.75. The Labute approximate surface area is 322 Å². The Morgan fingerprint density at radius 2 is 1.15 bits per heavy atom. The monoisotopic (exact) mass is 701 g/mol. The van der Waals surface area contributed by atoms with Gasteiger partial charge in [-0.2, -0.15) is 0 Å². The molecule has 12 rings (SSSR count). The van der Waals surface area contributed by atoms with Gasteiger partial charge in [-0.15, -0.1) is 0 Å². The highest BCUT2D eigenvalue weighted by Crippen LogP contribution is 2.73. The zero-order valence-corrected chi connectivity index (χ0v) is 32.3. The summed E-state index contributed by atoms with van der Waals surface area (Å²) < 4.78 is 0. The largest absolute Gasteiger partial charge is 0.310 e. The van der Waals surface area contributed by atoms with Crippen molar-refractivity contribution in [2.45, 2.75) is 82.5 Å². The van der Waals surface area contributed by atoms with Crippen LogP contribution in [-0.2, 0) is 16.2 Å². The molecule has 1 nitrogen and oxygen atoms in total. The number of benzene rings is 6. The quantitative estimate of drug-likeness (QED) is 0.173. The van der Waals surface area contributed by atoms with E-state index in [1.54, 1.807) is 11.1 Å². The molecule has 268 valence electrons. The van der Waals surface area contributed by atoms with Crippen molar-refractivity contribution >= 4 is 17.1 Å². The van der Waals surface area contributed by atoms with E-state index in [-0.39, 0.29) is 16.2 Å². The van der Waals surface area contributed by atoms with Gasteiger partial charge in [0.2, 0.25) is 0 Å². The topological polar surface area (TPSA) is 3.24 Å². The Morgan fingerprint density at radius 1 is 0.481 bits per heavy atom. The van der Waals surface area contributed by atoms with Crippen LogP contribution in [0.1, 0.15) is 88.5 Å². The third kappa shape index (κ3) is 4.57. The highest BCUT2D eigenvalue weighted by atomic mass is 15.1. The van der Waals surface area contributed by atoms with E-state index in [0.29, 0.717) is 0 Å². The molecule has 6 aliphatic rings. The Hall–Kier alpha value is -4.88. The normalized spacial score (nSPS) is 26.1. The molecule has 0 radical (unpaired) electrons. The Morgan fingerprint density at radius 3 is 1.96 bits per heavy atom. The summed E-state index contributed by atoms with van der Waals surface area (Å²) in [6, 6.07) is 53.6. The fourth-order valence-corrected chi connectivity index (χ4v) is 12.6. The number of nitrogens with zero attached hydrogens (tertiary/aromatic N) is 1. The first-order valence-electron chi connectivity index (χ1n) is 20.7. The summed E-state index contributed by atoms with van der Waals surface area (Å²) in [5, 5.41) is 0. The standard InChI is InChI=1S/C53H51N/c1-51(2)26-27-52(3,4)48-33-38(22-25-45(48)51)37-14-10-15-42(32-37)54(41-23-20-36(21-24-41)35-12-6-5-7-13-35)49-19-11-18-46-50(49)43-16-8-9-17-44(43)53(46)40-29-34-28-39(31-40)47(53)30-34/h5-25,32-34,39-40,47H,26-31H2,1-4H3/t34?,39?,40?,47-,53?/m1/s1. The third-order valence-corrected chi connectivity index (χ3v) is 15.1. The Balaban J connectivity index is 1.10. The first kappa shape index (κ1) is 32.5. The molecule has 4 fully saturated rings. The fourth-order valence-electron chi connectivity index (χ4n) is 12.6. The van der Waals surface area contributed by atoms with E-state index >= 15 is 0 Å². The van der Waals surface area contributed by atoms with Crippen LogP contribution in [0.2, 0.25) is 0 Å². The number of hydrogen-bond donors (Lipinski definition) is 0. The lowest BCUT2D eigenvalue weighted by Crippen LogP contribution is -2.40. The van der Waals surface area contributed by atoms with Crippen LogP contribution < -0.4 is 4.90 Å². The van der Waals surface area contributed by atoms with Crippen LogP contribution in [0.5, 0.6) is 0 Å². The molecule has 5 atom stereocenters. The summed E-state index contributed by atoms with van der Waals surface area (Å²) in [7, 11) is 0. The number of anilines is 3. The molecule has 0 amide bonds. The van der Waals surface area contributed by atoms with E-state index in [1.165, 1.54) is 100 Å². The second-order valence-electron chi connectivity index (χ2n) is 18.8. The minimum Gasteiger partial charge on any atom is -0.310 e. The average molecular weight is 702 g/mol. The summed E-state index contributed by atoms with van der Waals surface area (Å²) in [6.45, 7) is 9.71. The molecule has 4 saturated carbocycles. The Kier molecular flexibility index (Phi) is 6.97. The van der Waals surface area contributed by atoms with Crippen molar-refractivity contribution in [1.82, 2.24) is 0 Å². The molecule has 4 bridgehead atoms. The van der Waals surface area contributed by atoms with Gasteiger partial charge in [-0.05, 0) is 153 Å². The maximum atomic E-state index is 2.57. The summed E-state index contributed by atoms with van der Waals surface area (Å²) in [4.78, 5) is 2.57. The van der Waals surface area contributed by atoms with E-state index in [1.807, 2.05) is 0 Å². The summed E-state index contributed by atoms with van der Waals surface area (Å²) in [6.07, 6.45) is 8.10. The zero-order chi connectivity index (χ0) is 36.4. The molecule has 6 aromatic carbocycles. The lowest BCUT2D eigenvalue weighted by atomic mass is 9.59. The summed E-state index contributed by atoms with van der Waals surface area (Å²) in [5.41, 5.74) is 18.4. The van der Waals surface area contributed by atoms with E-state index in [9.17, 15) is 0 Å². The van der Waals surface area contributed by atoms with Crippen molar-refractivity contribution < 1.29 is 0 Å². The van der Waals surface area contributed by atoms with Crippen molar-refractivity contribution in [2.75, 3.05) is 4.90 Å². The molecule has 0 saturated heterocycles. The van der Waals surface area contributed by atoms with E-state index in [2.05, 4.69) is 172 Å². The number of hydrogen-bond acceptors (Lipinski definition) is 1. The van der Waals surface area contributed by atoms with Crippen molar-refractivity contribution in [2.24, 2.45) is 23.7 Å². The minimum atomic E-state index is 0.147. The number of rotatable bonds is 5. The van der Waals surface area contributed by atoms with Gasteiger partial charge in [0.05, 0.1) is 5.69 Å². The molecule has 0 N–H and O–H groups in total. The van der Waals surface area contributed by atoms with Gasteiger partial charge in [0, 0.05) is 22.4 Å². The highest BCUT2D eigenvalue weighted by molar-refractivity contribution is 5.96. The molecule has 6 aromatic rings. The maximum Gasteiger partial charge on any atom is 0.0543 e. The highest BCUT2D eigenvalue weighted by Gasteiger charge is 2.66. The van der Waals surface area contributed by atoms with Gasteiger partial charge in [0.1, 0.15) is 0 Å². The van der Waals surface area contributed by atoms with E-state index < -0.39 is 0 Å². The number of fused-ring (bicyclic) bond motifs is 4. The molecular weight excluding hydrogens is 651 g/mol. The molecule has 6 aliphatic carbocycles. The predicted molar refractivity (Wildman–Crippen MR) is 226 cm³/mol. The van der Waals surface area contributed by atoms with Gasteiger partial charge < -0.3 is 4.90 Å². The predicted octanol–water partition coefficient (Wildman–Crippen LogP) is 14.2. The summed E-state index contributed by atoms with van der Waals surface area (Å²) in [5.74, 6) is 3.32. The van der Waals surface area contributed by atoms with Gasteiger partial charge in [0.25, 0.3) is 0 Å². The lowest BCUT2D eigenvalue weighted by molar-refractivity contribution is 0.191. The van der Waals surface area contributed by atoms with Crippen LogP contribution in [0, 0.1) is 23.7 Å². The summed E-state index contributed by atoms with van der Waals surface area (Å²) >= 11 is 0. The smallest absolute Gasteiger partial charge is 0.0543 e. The SMILES string of the molecule is CC1(C)CCC(C)(C)c2cc(-c3cccc(N(c4ccc(-c5ccccc5)cc4)c4cccc5c4-c4ccccc4C54C5CC6CC(C5)[C@H]4C6)c3)ccc21. The van der Waals surface area contributed by atoms with Crippen LogP contribution in [0.15, 0.2) is 140 Å². The van der Waals surface area contributed by atoms with Gasteiger partial charge in [-0.25, -0.2) is 0 Å². The first-order valence-corrected chi connectivity index (χ1v) is 20.7.